The molecule has 1 aliphatic carbocycles. The zero-order chi connectivity index (χ0) is 10.6. The van der Waals surface area contributed by atoms with Crippen molar-refractivity contribution in [2.24, 2.45) is 17.1 Å². The minimum absolute atomic E-state index is 0.0502. The first kappa shape index (κ1) is 12.0. The van der Waals surface area contributed by atoms with Crippen LogP contribution in [-0.2, 0) is 0 Å². The van der Waals surface area contributed by atoms with Crippen molar-refractivity contribution in [3.05, 3.63) is 0 Å². The Kier molecular flexibility index (Phi) is 4.39. The zero-order valence-electron chi connectivity index (χ0n) is 9.63. The van der Waals surface area contributed by atoms with E-state index < -0.39 is 0 Å². The van der Waals surface area contributed by atoms with Gasteiger partial charge in [-0.25, -0.2) is 0 Å². The summed E-state index contributed by atoms with van der Waals surface area (Å²) in [4.78, 5) is 0. The molecule has 0 aliphatic heterocycles. The summed E-state index contributed by atoms with van der Waals surface area (Å²) in [6, 6.07) is 0. The Bertz CT molecular complexity index is 172. The fourth-order valence-electron chi connectivity index (χ4n) is 2.97. The predicted octanol–water partition coefficient (Wildman–Crippen LogP) is 2.30. The second-order valence-corrected chi connectivity index (χ2v) is 5.07. The maximum absolute atomic E-state index is 9.98. The molecule has 0 spiro atoms. The molecule has 1 saturated carbocycles. The SMILES string of the molecule is CCCC(C)CC1(CN)CCCC1O. The van der Waals surface area contributed by atoms with Crippen LogP contribution in [0.15, 0.2) is 0 Å². The summed E-state index contributed by atoms with van der Waals surface area (Å²) in [5.74, 6) is 0.705. The van der Waals surface area contributed by atoms with Crippen LogP contribution in [0.4, 0.5) is 0 Å². The Balaban J connectivity index is 2.52. The Hall–Kier alpha value is -0.0800. The van der Waals surface area contributed by atoms with Gasteiger partial charge in [-0.3, -0.25) is 0 Å². The maximum Gasteiger partial charge on any atom is 0.0608 e. The highest BCUT2D eigenvalue weighted by molar-refractivity contribution is 4.93. The third-order valence-corrected chi connectivity index (χ3v) is 3.80. The molecule has 2 heteroatoms. The lowest BCUT2D eigenvalue weighted by atomic mass is 9.75. The molecule has 3 atom stereocenters. The highest BCUT2D eigenvalue weighted by atomic mass is 16.3. The highest BCUT2D eigenvalue weighted by Gasteiger charge is 2.41. The van der Waals surface area contributed by atoms with Gasteiger partial charge in [-0.1, -0.05) is 33.1 Å². The van der Waals surface area contributed by atoms with E-state index >= 15 is 0 Å². The van der Waals surface area contributed by atoms with Gasteiger partial charge < -0.3 is 10.8 Å². The number of hydrogen-bond acceptors (Lipinski definition) is 2. The molecule has 3 N–H and O–H groups in total. The van der Waals surface area contributed by atoms with E-state index in [1.807, 2.05) is 0 Å². The fourth-order valence-corrected chi connectivity index (χ4v) is 2.97. The predicted molar refractivity (Wildman–Crippen MR) is 60.0 cm³/mol. The van der Waals surface area contributed by atoms with Gasteiger partial charge in [0.1, 0.15) is 0 Å². The average Bonchev–Trinajstić information content (AvgIpc) is 2.49. The third-order valence-electron chi connectivity index (χ3n) is 3.80. The molecule has 3 unspecified atom stereocenters. The van der Waals surface area contributed by atoms with Crippen LogP contribution in [0, 0.1) is 11.3 Å². The number of hydrogen-bond donors (Lipinski definition) is 2. The van der Waals surface area contributed by atoms with Crippen molar-refractivity contribution < 1.29 is 5.11 Å². The first-order valence-electron chi connectivity index (χ1n) is 6.02. The Morgan fingerprint density at radius 2 is 2.29 bits per heavy atom. The third kappa shape index (κ3) is 2.48. The van der Waals surface area contributed by atoms with E-state index in [0.29, 0.717) is 12.5 Å². The summed E-state index contributed by atoms with van der Waals surface area (Å²) in [6.45, 7) is 5.16. The summed E-state index contributed by atoms with van der Waals surface area (Å²) in [7, 11) is 0. The van der Waals surface area contributed by atoms with E-state index in [4.69, 9.17) is 5.73 Å². The van der Waals surface area contributed by atoms with Gasteiger partial charge >= 0.3 is 0 Å². The minimum Gasteiger partial charge on any atom is -0.393 e. The van der Waals surface area contributed by atoms with Gasteiger partial charge in [-0.2, -0.15) is 0 Å². The van der Waals surface area contributed by atoms with Gasteiger partial charge in [0.25, 0.3) is 0 Å². The highest BCUT2D eigenvalue weighted by Crippen LogP contribution is 2.43. The van der Waals surface area contributed by atoms with Crippen LogP contribution in [0.2, 0.25) is 0 Å². The molecule has 84 valence electrons. The second kappa shape index (κ2) is 5.13. The first-order valence-corrected chi connectivity index (χ1v) is 6.02. The van der Waals surface area contributed by atoms with Crippen LogP contribution in [-0.4, -0.2) is 17.8 Å². The van der Waals surface area contributed by atoms with Crippen LogP contribution in [0.25, 0.3) is 0 Å². The molecule has 0 radical (unpaired) electrons. The van der Waals surface area contributed by atoms with Crippen molar-refractivity contribution in [2.75, 3.05) is 6.54 Å². The van der Waals surface area contributed by atoms with E-state index in [-0.39, 0.29) is 11.5 Å². The molecule has 14 heavy (non-hydrogen) atoms. The molecule has 2 nitrogen and oxygen atoms in total. The summed E-state index contributed by atoms with van der Waals surface area (Å²) < 4.78 is 0. The Labute approximate surface area is 87.9 Å². The van der Waals surface area contributed by atoms with Crippen molar-refractivity contribution in [3.63, 3.8) is 0 Å². The molecule has 0 aromatic heterocycles. The van der Waals surface area contributed by atoms with Crippen molar-refractivity contribution in [1.82, 2.24) is 0 Å². The van der Waals surface area contributed by atoms with Crippen LogP contribution < -0.4 is 5.73 Å². The quantitative estimate of drug-likeness (QED) is 0.713. The monoisotopic (exact) mass is 199 g/mol. The van der Waals surface area contributed by atoms with Crippen LogP contribution in [0.5, 0.6) is 0 Å². The zero-order valence-corrected chi connectivity index (χ0v) is 9.63. The Morgan fingerprint density at radius 1 is 1.57 bits per heavy atom. The number of aliphatic hydroxyl groups excluding tert-OH is 1. The fraction of sp³-hybridized carbons (Fsp3) is 1.00. The molecule has 0 aromatic carbocycles. The van der Waals surface area contributed by atoms with Crippen molar-refractivity contribution in [2.45, 2.75) is 58.5 Å². The van der Waals surface area contributed by atoms with E-state index in [9.17, 15) is 5.11 Å². The summed E-state index contributed by atoms with van der Waals surface area (Å²) >= 11 is 0. The second-order valence-electron chi connectivity index (χ2n) is 5.07. The molecule has 0 saturated heterocycles. The molecule has 0 heterocycles. The van der Waals surface area contributed by atoms with Crippen molar-refractivity contribution in [1.29, 1.82) is 0 Å². The van der Waals surface area contributed by atoms with Crippen LogP contribution in [0.3, 0.4) is 0 Å². The van der Waals surface area contributed by atoms with Gasteiger partial charge in [0.2, 0.25) is 0 Å². The average molecular weight is 199 g/mol. The number of aliphatic hydroxyl groups is 1. The maximum atomic E-state index is 9.98. The van der Waals surface area contributed by atoms with Gasteiger partial charge in [0.05, 0.1) is 6.10 Å². The molecular formula is C12H25NO. The van der Waals surface area contributed by atoms with Gasteiger partial charge in [-0.15, -0.1) is 0 Å². The molecule has 0 bridgehead atoms. The lowest BCUT2D eigenvalue weighted by Crippen LogP contribution is -2.39. The van der Waals surface area contributed by atoms with Gasteiger partial charge in [0.15, 0.2) is 0 Å². The molecule has 1 rings (SSSR count). The standard InChI is InChI=1S/C12H25NO/c1-3-5-10(2)8-12(9-13)7-4-6-11(12)14/h10-11,14H,3-9,13H2,1-2H3. The van der Waals surface area contributed by atoms with Gasteiger partial charge in [-0.05, 0) is 25.2 Å². The van der Waals surface area contributed by atoms with E-state index in [2.05, 4.69) is 13.8 Å². The number of nitrogens with two attached hydrogens (primary N) is 1. The Morgan fingerprint density at radius 3 is 2.71 bits per heavy atom. The molecule has 0 amide bonds. The summed E-state index contributed by atoms with van der Waals surface area (Å²) in [5, 5.41) is 9.98. The largest absolute Gasteiger partial charge is 0.393 e. The van der Waals surface area contributed by atoms with E-state index in [1.54, 1.807) is 0 Å². The van der Waals surface area contributed by atoms with E-state index in [1.165, 1.54) is 12.8 Å². The van der Waals surface area contributed by atoms with Crippen LogP contribution >= 0.6 is 0 Å². The minimum atomic E-state index is -0.146. The molecular weight excluding hydrogens is 174 g/mol. The topological polar surface area (TPSA) is 46.2 Å². The van der Waals surface area contributed by atoms with Crippen molar-refractivity contribution in [3.8, 4) is 0 Å². The van der Waals surface area contributed by atoms with Gasteiger partial charge in [0, 0.05) is 12.0 Å². The molecule has 1 aliphatic rings. The normalized spacial score (nSPS) is 34.7. The first-order chi connectivity index (χ1) is 6.64. The number of rotatable bonds is 5. The summed E-state index contributed by atoms with van der Waals surface area (Å²) in [6.07, 6.45) is 6.68. The molecule has 0 aromatic rings. The lowest BCUT2D eigenvalue weighted by Gasteiger charge is -2.34. The molecule has 1 fully saturated rings. The summed E-state index contributed by atoms with van der Waals surface area (Å²) in [5.41, 5.74) is 5.89. The smallest absolute Gasteiger partial charge is 0.0608 e. The van der Waals surface area contributed by atoms with Crippen molar-refractivity contribution >= 4 is 0 Å². The lowest BCUT2D eigenvalue weighted by molar-refractivity contribution is 0.0399. The van der Waals surface area contributed by atoms with Crippen LogP contribution in [0.1, 0.15) is 52.4 Å². The van der Waals surface area contributed by atoms with E-state index in [0.717, 1.165) is 25.7 Å².